The number of aromatic nitrogens is 2. The van der Waals surface area contributed by atoms with Gasteiger partial charge in [-0.1, -0.05) is 6.07 Å². The van der Waals surface area contributed by atoms with Crippen LogP contribution in [0.25, 0.3) is 0 Å². The number of phenols is 1. The Kier molecular flexibility index (Phi) is 3.36. The summed E-state index contributed by atoms with van der Waals surface area (Å²) in [4.78, 5) is 10.9. The number of aromatic carboxylic acids is 1. The molecule has 0 spiro atoms. The fourth-order valence-corrected chi connectivity index (χ4v) is 2.65. The second kappa shape index (κ2) is 4.85. The molecule has 1 heterocycles. The van der Waals surface area contributed by atoms with Crippen LogP contribution in [0.1, 0.15) is 15.9 Å². The molecule has 0 radical (unpaired) electrons. The first-order valence-corrected chi connectivity index (χ1v) is 6.88. The third-order valence-electron chi connectivity index (χ3n) is 2.56. The number of hydrogen-bond donors (Lipinski definition) is 4. The molecule has 106 valence electrons. The zero-order valence-electron chi connectivity index (χ0n) is 10.3. The fourth-order valence-electron chi connectivity index (χ4n) is 1.51. The highest BCUT2D eigenvalue weighted by molar-refractivity contribution is 7.92. The van der Waals surface area contributed by atoms with E-state index >= 15 is 0 Å². The van der Waals surface area contributed by atoms with Gasteiger partial charge in [-0.3, -0.25) is 9.82 Å². The van der Waals surface area contributed by atoms with Gasteiger partial charge in [0.2, 0.25) is 0 Å². The fraction of sp³-hybridized carbons (Fsp3) is 0.0909. The number of H-pyrrole nitrogens is 1. The molecule has 0 atom stereocenters. The number of rotatable bonds is 4. The van der Waals surface area contributed by atoms with Crippen LogP contribution in [-0.4, -0.2) is 34.8 Å². The Labute approximate surface area is 114 Å². The normalized spacial score (nSPS) is 11.2. The topological polar surface area (TPSA) is 132 Å². The molecule has 4 N–H and O–H groups in total. The van der Waals surface area contributed by atoms with E-state index in [-0.39, 0.29) is 11.4 Å². The van der Waals surface area contributed by atoms with Crippen molar-refractivity contribution in [3.8, 4) is 5.75 Å². The van der Waals surface area contributed by atoms with Crippen LogP contribution in [0, 0.1) is 6.92 Å². The molecule has 0 fully saturated rings. The molecule has 2 aromatic rings. The van der Waals surface area contributed by atoms with Gasteiger partial charge in [0.15, 0.2) is 5.03 Å². The third kappa shape index (κ3) is 2.57. The smallest absolute Gasteiger partial charge is 0.340 e. The van der Waals surface area contributed by atoms with Gasteiger partial charge in [0, 0.05) is 6.07 Å². The average Bonchev–Trinajstić information content (AvgIpc) is 2.83. The number of aryl methyl sites for hydroxylation is 1. The van der Waals surface area contributed by atoms with E-state index in [0.717, 1.165) is 6.20 Å². The molecule has 0 bridgehead atoms. The zero-order valence-corrected chi connectivity index (χ0v) is 11.1. The largest absolute Gasteiger partial charge is 0.508 e. The molecule has 0 aliphatic heterocycles. The first kappa shape index (κ1) is 13.9. The Morgan fingerprint density at radius 1 is 1.40 bits per heavy atom. The van der Waals surface area contributed by atoms with Gasteiger partial charge in [-0.05, 0) is 18.6 Å². The van der Waals surface area contributed by atoms with E-state index in [0.29, 0.717) is 5.56 Å². The van der Waals surface area contributed by atoms with Gasteiger partial charge in [-0.15, -0.1) is 0 Å². The number of hydrogen-bond acceptors (Lipinski definition) is 5. The van der Waals surface area contributed by atoms with Crippen molar-refractivity contribution in [3.63, 3.8) is 0 Å². The number of carboxylic acids is 1. The number of carboxylic acid groups (broad SMARTS) is 1. The molecule has 0 saturated carbocycles. The van der Waals surface area contributed by atoms with E-state index < -0.39 is 26.6 Å². The van der Waals surface area contributed by atoms with E-state index in [4.69, 9.17) is 5.11 Å². The van der Waals surface area contributed by atoms with E-state index in [1.807, 2.05) is 0 Å². The van der Waals surface area contributed by atoms with Gasteiger partial charge in [-0.2, -0.15) is 13.5 Å². The number of nitrogens with one attached hydrogen (secondary N) is 2. The second-order valence-electron chi connectivity index (χ2n) is 4.02. The maximum absolute atomic E-state index is 12.1. The van der Waals surface area contributed by atoms with Crippen molar-refractivity contribution in [1.82, 2.24) is 10.2 Å². The Morgan fingerprint density at radius 2 is 2.10 bits per heavy atom. The van der Waals surface area contributed by atoms with Crippen molar-refractivity contribution in [2.45, 2.75) is 11.9 Å². The lowest BCUT2D eigenvalue weighted by Crippen LogP contribution is -2.16. The maximum Gasteiger partial charge on any atom is 0.340 e. The molecule has 9 heteroatoms. The predicted octanol–water partition coefficient (Wildman–Crippen LogP) is 0.923. The molecular formula is C11H11N3O5S. The summed E-state index contributed by atoms with van der Waals surface area (Å²) >= 11 is 0. The highest BCUT2D eigenvalue weighted by atomic mass is 32.2. The predicted molar refractivity (Wildman–Crippen MR) is 69.2 cm³/mol. The molecule has 1 aromatic carbocycles. The number of aromatic amines is 1. The minimum atomic E-state index is -4.14. The quantitative estimate of drug-likeness (QED) is 0.663. The van der Waals surface area contributed by atoms with Gasteiger partial charge < -0.3 is 10.2 Å². The molecule has 0 aliphatic rings. The zero-order chi connectivity index (χ0) is 14.9. The summed E-state index contributed by atoms with van der Waals surface area (Å²) in [6.07, 6.45) is 0.906. The molecule has 1 aromatic heterocycles. The van der Waals surface area contributed by atoms with E-state index in [1.165, 1.54) is 18.2 Å². The van der Waals surface area contributed by atoms with Crippen molar-refractivity contribution < 1.29 is 23.4 Å². The Hall–Kier alpha value is -2.55. The number of aromatic hydroxyl groups is 1. The van der Waals surface area contributed by atoms with Crippen molar-refractivity contribution in [1.29, 1.82) is 0 Å². The molecule has 20 heavy (non-hydrogen) atoms. The van der Waals surface area contributed by atoms with Gasteiger partial charge in [0.25, 0.3) is 10.0 Å². The molecular weight excluding hydrogens is 286 g/mol. The van der Waals surface area contributed by atoms with Crippen molar-refractivity contribution >= 4 is 21.7 Å². The minimum Gasteiger partial charge on any atom is -0.508 e. The molecule has 0 unspecified atom stereocenters. The summed E-state index contributed by atoms with van der Waals surface area (Å²) in [5, 5.41) is 23.4. The van der Waals surface area contributed by atoms with Crippen LogP contribution in [-0.2, 0) is 10.0 Å². The first-order valence-electron chi connectivity index (χ1n) is 5.40. The lowest BCUT2D eigenvalue weighted by molar-refractivity contribution is 0.0692. The number of phenolic OH excluding ortho intramolecular Hbond substituents is 1. The van der Waals surface area contributed by atoms with Crippen LogP contribution in [0.5, 0.6) is 5.75 Å². The second-order valence-corrected chi connectivity index (χ2v) is 5.64. The minimum absolute atomic E-state index is 0.0757. The first-order chi connectivity index (χ1) is 9.31. The number of anilines is 1. The van der Waals surface area contributed by atoms with Gasteiger partial charge in [0.1, 0.15) is 11.3 Å². The van der Waals surface area contributed by atoms with Crippen LogP contribution < -0.4 is 4.72 Å². The van der Waals surface area contributed by atoms with Gasteiger partial charge in [0.05, 0.1) is 11.9 Å². The number of benzene rings is 1. The number of carbonyl (C=O) groups is 1. The highest BCUT2D eigenvalue weighted by Crippen LogP contribution is 2.23. The number of sulfonamides is 1. The summed E-state index contributed by atoms with van der Waals surface area (Å²) in [6, 6.07) is 4.20. The van der Waals surface area contributed by atoms with Crippen LogP contribution in [0.15, 0.2) is 29.4 Å². The average molecular weight is 297 g/mol. The van der Waals surface area contributed by atoms with Crippen molar-refractivity contribution in [2.24, 2.45) is 0 Å². The molecule has 0 saturated heterocycles. The standard InChI is InChI=1S/C11H11N3O5S/c1-6-2-3-7(4-9(6)15)14-20(18,19)10-8(11(16)17)5-12-13-10/h2-5,14-15H,1H3,(H,12,13)(H,16,17). The van der Waals surface area contributed by atoms with Crippen molar-refractivity contribution in [3.05, 3.63) is 35.5 Å². The molecule has 2 rings (SSSR count). The van der Waals surface area contributed by atoms with Crippen LogP contribution in [0.2, 0.25) is 0 Å². The molecule has 8 nitrogen and oxygen atoms in total. The Balaban J connectivity index is 2.38. The molecule has 0 aliphatic carbocycles. The Bertz CT molecular complexity index is 766. The summed E-state index contributed by atoms with van der Waals surface area (Å²) in [7, 11) is -4.14. The number of nitrogens with zero attached hydrogens (tertiary/aromatic N) is 1. The van der Waals surface area contributed by atoms with Crippen molar-refractivity contribution in [2.75, 3.05) is 4.72 Å². The highest BCUT2D eigenvalue weighted by Gasteiger charge is 2.25. The van der Waals surface area contributed by atoms with Crippen LogP contribution >= 0.6 is 0 Å². The summed E-state index contributed by atoms with van der Waals surface area (Å²) in [6.45, 7) is 1.66. The van der Waals surface area contributed by atoms with E-state index in [1.54, 1.807) is 6.92 Å². The lowest BCUT2D eigenvalue weighted by atomic mass is 10.2. The molecule has 0 amide bonds. The van der Waals surface area contributed by atoms with E-state index in [9.17, 15) is 18.3 Å². The maximum atomic E-state index is 12.1. The summed E-state index contributed by atoms with van der Waals surface area (Å²) in [5.74, 6) is -1.49. The summed E-state index contributed by atoms with van der Waals surface area (Å²) < 4.78 is 26.3. The van der Waals surface area contributed by atoms with E-state index in [2.05, 4.69) is 14.9 Å². The Morgan fingerprint density at radius 3 is 2.70 bits per heavy atom. The lowest BCUT2D eigenvalue weighted by Gasteiger charge is -2.08. The van der Waals surface area contributed by atoms with Gasteiger partial charge in [-0.25, -0.2) is 4.79 Å². The monoisotopic (exact) mass is 297 g/mol. The summed E-state index contributed by atoms with van der Waals surface area (Å²) in [5.41, 5.74) is 0.230. The SMILES string of the molecule is Cc1ccc(NS(=O)(=O)c2[nH]ncc2C(=O)O)cc1O. The third-order valence-corrected chi connectivity index (χ3v) is 3.92. The van der Waals surface area contributed by atoms with Crippen LogP contribution in [0.4, 0.5) is 5.69 Å². The van der Waals surface area contributed by atoms with Gasteiger partial charge >= 0.3 is 5.97 Å². The van der Waals surface area contributed by atoms with Crippen LogP contribution in [0.3, 0.4) is 0 Å².